The van der Waals surface area contributed by atoms with Gasteiger partial charge in [0.1, 0.15) is 6.54 Å². The standard InChI is InChI=1S/C22H29N3O4S/c1-6-17(4)23-22(27)19-9-7-8-10-20(19)24-21(26)14-25(30(5,28)29)18-12-11-15(2)16(3)13-18/h7-13,17H,6,14H2,1-5H3,(H,23,27)(H,24,26)/t17-/m0/s1. The first kappa shape index (κ1) is 23.4. The summed E-state index contributed by atoms with van der Waals surface area (Å²) < 4.78 is 25.7. The zero-order valence-electron chi connectivity index (χ0n) is 18.0. The molecule has 0 radical (unpaired) electrons. The Hall–Kier alpha value is -2.87. The second-order valence-electron chi connectivity index (χ2n) is 7.41. The Kier molecular flexibility index (Phi) is 7.61. The Morgan fingerprint density at radius 3 is 2.33 bits per heavy atom. The molecule has 0 saturated carbocycles. The van der Waals surface area contributed by atoms with Crippen molar-refractivity contribution in [1.29, 1.82) is 0 Å². The molecule has 0 spiro atoms. The van der Waals surface area contributed by atoms with Crippen molar-refractivity contribution in [2.45, 2.75) is 40.2 Å². The summed E-state index contributed by atoms with van der Waals surface area (Å²) in [7, 11) is -3.69. The molecule has 0 bridgehead atoms. The largest absolute Gasteiger partial charge is 0.350 e. The lowest BCUT2D eigenvalue weighted by Crippen LogP contribution is -2.38. The van der Waals surface area contributed by atoms with E-state index in [1.54, 1.807) is 36.4 Å². The number of rotatable bonds is 8. The molecule has 2 aromatic rings. The zero-order chi connectivity index (χ0) is 22.5. The normalized spacial score (nSPS) is 12.2. The Labute approximate surface area is 178 Å². The molecule has 8 heteroatoms. The van der Waals surface area contributed by atoms with Crippen LogP contribution in [0, 0.1) is 13.8 Å². The van der Waals surface area contributed by atoms with Gasteiger partial charge < -0.3 is 10.6 Å². The predicted molar refractivity (Wildman–Crippen MR) is 120 cm³/mol. The van der Waals surface area contributed by atoms with Crippen LogP contribution in [0.4, 0.5) is 11.4 Å². The van der Waals surface area contributed by atoms with E-state index in [4.69, 9.17) is 0 Å². The second-order valence-corrected chi connectivity index (χ2v) is 9.32. The van der Waals surface area contributed by atoms with Crippen LogP contribution in [0.1, 0.15) is 41.8 Å². The van der Waals surface area contributed by atoms with Crippen LogP contribution in [-0.2, 0) is 14.8 Å². The molecule has 1 atom stereocenters. The molecule has 2 N–H and O–H groups in total. The van der Waals surface area contributed by atoms with Gasteiger partial charge in [0.2, 0.25) is 15.9 Å². The predicted octanol–water partition coefficient (Wildman–Crippen LogP) is 3.24. The van der Waals surface area contributed by atoms with Crippen LogP contribution in [0.25, 0.3) is 0 Å². The highest BCUT2D eigenvalue weighted by Crippen LogP contribution is 2.22. The molecular weight excluding hydrogens is 402 g/mol. The van der Waals surface area contributed by atoms with E-state index in [0.29, 0.717) is 16.9 Å². The van der Waals surface area contributed by atoms with Crippen LogP contribution in [-0.4, -0.2) is 39.1 Å². The number of carbonyl (C=O) groups is 2. The number of benzene rings is 2. The van der Waals surface area contributed by atoms with Gasteiger partial charge in [-0.05, 0) is 62.6 Å². The van der Waals surface area contributed by atoms with E-state index in [1.807, 2.05) is 33.8 Å². The Morgan fingerprint density at radius 1 is 1.07 bits per heavy atom. The number of hydrogen-bond acceptors (Lipinski definition) is 4. The van der Waals surface area contributed by atoms with Crippen LogP contribution in [0.5, 0.6) is 0 Å². The summed E-state index contributed by atoms with van der Waals surface area (Å²) in [6, 6.07) is 11.9. The molecule has 0 unspecified atom stereocenters. The number of amides is 2. The highest BCUT2D eigenvalue weighted by molar-refractivity contribution is 7.92. The molecule has 0 fully saturated rings. The summed E-state index contributed by atoms with van der Waals surface area (Å²) >= 11 is 0. The van der Waals surface area contributed by atoms with Crippen molar-refractivity contribution in [1.82, 2.24) is 5.32 Å². The molecule has 0 aliphatic rings. The molecule has 0 saturated heterocycles. The molecule has 0 heterocycles. The van der Waals surface area contributed by atoms with Crippen LogP contribution in [0.3, 0.4) is 0 Å². The third-order valence-corrected chi connectivity index (χ3v) is 6.04. The lowest BCUT2D eigenvalue weighted by atomic mass is 10.1. The maximum Gasteiger partial charge on any atom is 0.253 e. The fraction of sp³-hybridized carbons (Fsp3) is 0.364. The van der Waals surface area contributed by atoms with Crippen LogP contribution in [0.2, 0.25) is 0 Å². The Bertz CT molecular complexity index is 1030. The number of anilines is 2. The summed E-state index contributed by atoms with van der Waals surface area (Å²) in [5.41, 5.74) is 3.02. The molecule has 162 valence electrons. The smallest absolute Gasteiger partial charge is 0.253 e. The molecule has 30 heavy (non-hydrogen) atoms. The molecule has 7 nitrogen and oxygen atoms in total. The zero-order valence-corrected chi connectivity index (χ0v) is 18.8. The number of carbonyl (C=O) groups excluding carboxylic acids is 2. The first-order chi connectivity index (χ1) is 14.0. The summed E-state index contributed by atoms with van der Waals surface area (Å²) in [5.74, 6) is -0.836. The van der Waals surface area contributed by atoms with Gasteiger partial charge >= 0.3 is 0 Å². The van der Waals surface area contributed by atoms with Crippen LogP contribution < -0.4 is 14.9 Å². The van der Waals surface area contributed by atoms with Crippen molar-refractivity contribution in [3.05, 3.63) is 59.2 Å². The maximum atomic E-state index is 12.7. The van der Waals surface area contributed by atoms with Gasteiger partial charge in [0.15, 0.2) is 0 Å². The number of nitrogens with zero attached hydrogens (tertiary/aromatic N) is 1. The van der Waals surface area contributed by atoms with Gasteiger partial charge in [0.25, 0.3) is 5.91 Å². The number of hydrogen-bond donors (Lipinski definition) is 2. The molecule has 2 aromatic carbocycles. The second kappa shape index (κ2) is 9.75. The van der Waals surface area contributed by atoms with Crippen LogP contribution >= 0.6 is 0 Å². The topological polar surface area (TPSA) is 95.6 Å². The average Bonchev–Trinajstić information content (AvgIpc) is 2.67. The van der Waals surface area contributed by atoms with Crippen molar-refractivity contribution >= 4 is 33.2 Å². The van der Waals surface area contributed by atoms with Gasteiger partial charge in [0.05, 0.1) is 23.2 Å². The minimum atomic E-state index is -3.69. The van der Waals surface area contributed by atoms with E-state index in [1.165, 1.54) is 0 Å². The third-order valence-electron chi connectivity index (χ3n) is 4.90. The van der Waals surface area contributed by atoms with E-state index in [2.05, 4.69) is 10.6 Å². The summed E-state index contributed by atoms with van der Waals surface area (Å²) in [6.07, 6.45) is 1.84. The lowest BCUT2D eigenvalue weighted by molar-refractivity contribution is -0.114. The van der Waals surface area contributed by atoms with Gasteiger partial charge in [-0.25, -0.2) is 8.42 Å². The molecule has 2 amide bonds. The third kappa shape index (κ3) is 6.06. The highest BCUT2D eigenvalue weighted by Gasteiger charge is 2.22. The summed E-state index contributed by atoms with van der Waals surface area (Å²) in [5, 5.41) is 5.54. The van der Waals surface area contributed by atoms with E-state index in [-0.39, 0.29) is 11.9 Å². The fourth-order valence-corrected chi connectivity index (χ4v) is 3.64. The minimum absolute atomic E-state index is 0.00763. The lowest BCUT2D eigenvalue weighted by Gasteiger charge is -2.23. The summed E-state index contributed by atoms with van der Waals surface area (Å²) in [4.78, 5) is 25.2. The monoisotopic (exact) mass is 431 g/mol. The fourth-order valence-electron chi connectivity index (χ4n) is 2.79. The van der Waals surface area contributed by atoms with Gasteiger partial charge in [-0.3, -0.25) is 13.9 Å². The first-order valence-electron chi connectivity index (χ1n) is 9.77. The summed E-state index contributed by atoms with van der Waals surface area (Å²) in [6.45, 7) is 7.27. The average molecular weight is 432 g/mol. The van der Waals surface area contributed by atoms with Gasteiger partial charge in [0, 0.05) is 6.04 Å². The molecule has 0 aliphatic heterocycles. The van der Waals surface area contributed by atoms with E-state index < -0.39 is 22.5 Å². The van der Waals surface area contributed by atoms with Gasteiger partial charge in [-0.1, -0.05) is 25.1 Å². The van der Waals surface area contributed by atoms with Gasteiger partial charge in [-0.15, -0.1) is 0 Å². The van der Waals surface area contributed by atoms with Crippen molar-refractivity contribution in [2.24, 2.45) is 0 Å². The first-order valence-corrected chi connectivity index (χ1v) is 11.6. The van der Waals surface area contributed by atoms with E-state index >= 15 is 0 Å². The Morgan fingerprint density at radius 2 is 1.73 bits per heavy atom. The number of aryl methyl sites for hydroxylation is 2. The molecular formula is C22H29N3O4S. The van der Waals surface area contributed by atoms with Crippen molar-refractivity contribution < 1.29 is 18.0 Å². The maximum absolute atomic E-state index is 12.7. The molecule has 0 aliphatic carbocycles. The van der Waals surface area contributed by atoms with Crippen molar-refractivity contribution in [3.63, 3.8) is 0 Å². The van der Waals surface area contributed by atoms with E-state index in [9.17, 15) is 18.0 Å². The van der Waals surface area contributed by atoms with Crippen LogP contribution in [0.15, 0.2) is 42.5 Å². The Balaban J connectivity index is 2.24. The quantitative estimate of drug-likeness (QED) is 0.671. The van der Waals surface area contributed by atoms with Crippen molar-refractivity contribution in [2.75, 3.05) is 22.4 Å². The number of sulfonamides is 1. The molecule has 2 rings (SSSR count). The SMILES string of the molecule is CC[C@H](C)NC(=O)c1ccccc1NC(=O)CN(c1ccc(C)c(C)c1)S(C)(=O)=O. The van der Waals surface area contributed by atoms with Crippen molar-refractivity contribution in [3.8, 4) is 0 Å². The molecule has 0 aromatic heterocycles. The minimum Gasteiger partial charge on any atom is -0.350 e. The van der Waals surface area contributed by atoms with Gasteiger partial charge in [-0.2, -0.15) is 0 Å². The van der Waals surface area contributed by atoms with E-state index in [0.717, 1.165) is 28.1 Å². The highest BCUT2D eigenvalue weighted by atomic mass is 32.2. The number of nitrogens with one attached hydrogen (secondary N) is 2. The number of para-hydroxylation sites is 1.